The molecule has 1 unspecified atom stereocenters. The van der Waals surface area contributed by atoms with Crippen molar-refractivity contribution in [2.75, 3.05) is 42.7 Å². The highest BCUT2D eigenvalue weighted by Crippen LogP contribution is 2.29. The van der Waals surface area contributed by atoms with Crippen LogP contribution in [0.1, 0.15) is 26.3 Å². The molecule has 10 heteroatoms. The number of amides is 2. The minimum Gasteiger partial charge on any atom is -0.471 e. The molecule has 188 valence electrons. The van der Waals surface area contributed by atoms with Gasteiger partial charge < -0.3 is 24.6 Å². The van der Waals surface area contributed by atoms with Gasteiger partial charge in [-0.3, -0.25) is 9.69 Å². The van der Waals surface area contributed by atoms with Crippen LogP contribution in [0.3, 0.4) is 0 Å². The predicted molar refractivity (Wildman–Crippen MR) is 137 cm³/mol. The molecule has 35 heavy (non-hydrogen) atoms. The summed E-state index contributed by atoms with van der Waals surface area (Å²) in [5.74, 6) is -0.570. The fraction of sp³-hybridized carbons (Fsp3) is 0.400. The molecule has 2 amide bonds. The summed E-state index contributed by atoms with van der Waals surface area (Å²) < 4.78 is 25.5. The summed E-state index contributed by atoms with van der Waals surface area (Å²) in [6, 6.07) is 14.2. The molecule has 4 rings (SSSR count). The van der Waals surface area contributed by atoms with Crippen LogP contribution >= 0.6 is 12.2 Å². The molecule has 1 N–H and O–H groups in total. The summed E-state index contributed by atoms with van der Waals surface area (Å²) in [6.45, 7) is 7.69. The molecule has 2 heterocycles. The van der Waals surface area contributed by atoms with E-state index in [0.717, 1.165) is 5.56 Å². The Morgan fingerprint density at radius 1 is 1.20 bits per heavy atom. The van der Waals surface area contributed by atoms with Gasteiger partial charge in [-0.15, -0.1) is 0 Å². The number of ether oxygens (including phenoxy) is 2. The standard InChI is InChI=1S/C23H25FN4O4S.C2H6/c1-2-31-22(33)25-11-18-13-28(23(30)32-18)17-8-9-20(19(24)10-17)26-14-21(29)27(15-26)12-16-6-4-3-5-7-16;1-2/h3-10,18H,2,11-15H2,1H3,(H,25,33);1-2H3. The molecule has 2 aliphatic rings. The number of carbonyl (C=O) groups excluding carboxylic acids is 2. The molecule has 1 atom stereocenters. The van der Waals surface area contributed by atoms with Gasteiger partial charge in [-0.1, -0.05) is 44.2 Å². The zero-order chi connectivity index (χ0) is 25.4. The normalized spacial score (nSPS) is 17.1. The zero-order valence-corrected chi connectivity index (χ0v) is 21.0. The number of hydrogen-bond donors (Lipinski definition) is 1. The topological polar surface area (TPSA) is 74.4 Å². The second kappa shape index (κ2) is 12.3. The molecule has 0 saturated carbocycles. The molecule has 2 fully saturated rings. The van der Waals surface area contributed by atoms with Crippen LogP contribution in [0.15, 0.2) is 48.5 Å². The number of nitrogens with zero attached hydrogens (tertiary/aromatic N) is 3. The maximum Gasteiger partial charge on any atom is 0.414 e. The zero-order valence-electron chi connectivity index (χ0n) is 20.2. The summed E-state index contributed by atoms with van der Waals surface area (Å²) in [7, 11) is 0. The number of thiocarbonyl (C=S) groups is 1. The minimum absolute atomic E-state index is 0.0641. The number of carbonyl (C=O) groups is 2. The van der Waals surface area contributed by atoms with Crippen LogP contribution in [-0.4, -0.2) is 61.1 Å². The molecule has 0 spiro atoms. The first kappa shape index (κ1) is 26.2. The van der Waals surface area contributed by atoms with Crippen molar-refractivity contribution in [1.82, 2.24) is 10.2 Å². The Morgan fingerprint density at radius 3 is 2.63 bits per heavy atom. The van der Waals surface area contributed by atoms with Gasteiger partial charge in [-0.2, -0.15) is 0 Å². The summed E-state index contributed by atoms with van der Waals surface area (Å²) >= 11 is 5.01. The number of rotatable bonds is 7. The average molecular weight is 503 g/mol. The maximum atomic E-state index is 15.0. The molecule has 0 aromatic heterocycles. The predicted octanol–water partition coefficient (Wildman–Crippen LogP) is 3.89. The van der Waals surface area contributed by atoms with Crippen molar-refractivity contribution in [2.24, 2.45) is 0 Å². The first-order valence-electron chi connectivity index (χ1n) is 11.7. The number of anilines is 2. The molecule has 2 aromatic carbocycles. The van der Waals surface area contributed by atoms with Crippen LogP contribution in [0.5, 0.6) is 0 Å². The van der Waals surface area contributed by atoms with Crippen molar-refractivity contribution in [3.8, 4) is 0 Å². The van der Waals surface area contributed by atoms with Crippen LogP contribution < -0.4 is 15.1 Å². The van der Waals surface area contributed by atoms with Crippen LogP contribution in [0.4, 0.5) is 20.6 Å². The largest absolute Gasteiger partial charge is 0.471 e. The fourth-order valence-corrected chi connectivity index (χ4v) is 4.04. The number of hydrogen-bond acceptors (Lipinski definition) is 6. The van der Waals surface area contributed by atoms with E-state index in [1.165, 1.54) is 11.0 Å². The van der Waals surface area contributed by atoms with E-state index >= 15 is 4.39 Å². The van der Waals surface area contributed by atoms with Crippen LogP contribution in [-0.2, 0) is 20.8 Å². The van der Waals surface area contributed by atoms with Gasteiger partial charge >= 0.3 is 6.09 Å². The molecule has 0 radical (unpaired) electrons. The summed E-state index contributed by atoms with van der Waals surface area (Å²) in [6.07, 6.45) is -0.997. The number of benzene rings is 2. The maximum absolute atomic E-state index is 15.0. The number of halogens is 1. The van der Waals surface area contributed by atoms with Gasteiger partial charge in [-0.25, -0.2) is 9.18 Å². The monoisotopic (exact) mass is 502 g/mol. The van der Waals surface area contributed by atoms with E-state index in [0.29, 0.717) is 37.7 Å². The van der Waals surface area contributed by atoms with E-state index in [9.17, 15) is 9.59 Å². The molecule has 2 saturated heterocycles. The summed E-state index contributed by atoms with van der Waals surface area (Å²) in [5.41, 5.74) is 1.72. The highest BCUT2D eigenvalue weighted by atomic mass is 32.1. The van der Waals surface area contributed by atoms with E-state index in [-0.39, 0.29) is 24.2 Å². The van der Waals surface area contributed by atoms with Crippen LogP contribution in [0.2, 0.25) is 0 Å². The van der Waals surface area contributed by atoms with Crippen molar-refractivity contribution in [1.29, 1.82) is 0 Å². The lowest BCUT2D eigenvalue weighted by Gasteiger charge is -2.21. The molecular weight excluding hydrogens is 471 g/mol. The Bertz CT molecular complexity index is 1040. The van der Waals surface area contributed by atoms with Crippen LogP contribution in [0.25, 0.3) is 0 Å². The Kier molecular flexibility index (Phi) is 9.25. The summed E-state index contributed by atoms with van der Waals surface area (Å²) in [5, 5.41) is 3.13. The van der Waals surface area contributed by atoms with Gasteiger partial charge in [0, 0.05) is 6.54 Å². The number of cyclic esters (lactones) is 1. The highest BCUT2D eigenvalue weighted by Gasteiger charge is 2.34. The molecule has 0 aliphatic carbocycles. The Balaban J connectivity index is 0.00000167. The molecule has 2 aliphatic heterocycles. The van der Waals surface area contributed by atoms with Gasteiger partial charge in [0.15, 0.2) is 0 Å². The lowest BCUT2D eigenvalue weighted by molar-refractivity contribution is -0.127. The van der Waals surface area contributed by atoms with Gasteiger partial charge in [0.1, 0.15) is 11.9 Å². The third kappa shape index (κ3) is 6.60. The smallest absolute Gasteiger partial charge is 0.414 e. The van der Waals surface area contributed by atoms with Crippen molar-refractivity contribution in [2.45, 2.75) is 33.4 Å². The third-order valence-corrected chi connectivity index (χ3v) is 5.71. The quantitative estimate of drug-likeness (QED) is 0.576. The molecule has 0 bridgehead atoms. The molecular formula is C25H31FN4O4S. The van der Waals surface area contributed by atoms with Crippen molar-refractivity contribution < 1.29 is 23.5 Å². The average Bonchev–Trinajstić information content (AvgIpc) is 3.41. The van der Waals surface area contributed by atoms with Gasteiger partial charge in [0.2, 0.25) is 5.91 Å². The van der Waals surface area contributed by atoms with E-state index in [1.54, 1.807) is 21.9 Å². The molecule has 8 nitrogen and oxygen atoms in total. The Labute approximate surface area is 210 Å². The number of nitrogens with one attached hydrogen (secondary N) is 1. The Morgan fingerprint density at radius 2 is 1.94 bits per heavy atom. The summed E-state index contributed by atoms with van der Waals surface area (Å²) in [4.78, 5) is 29.5. The van der Waals surface area contributed by atoms with Gasteiger partial charge in [-0.05, 0) is 42.9 Å². The lowest BCUT2D eigenvalue weighted by Crippen LogP contribution is -2.34. The third-order valence-electron chi connectivity index (χ3n) is 5.44. The van der Waals surface area contributed by atoms with E-state index in [4.69, 9.17) is 21.7 Å². The SMILES string of the molecule is CC.CCOC(=S)NCC1CN(c2ccc(N3CC(=O)N(Cc4ccccc4)C3)c(F)c2)C(=O)O1. The van der Waals surface area contributed by atoms with E-state index in [2.05, 4.69) is 5.32 Å². The van der Waals surface area contributed by atoms with Crippen molar-refractivity contribution in [3.05, 3.63) is 59.9 Å². The molecule has 2 aromatic rings. The van der Waals surface area contributed by atoms with Gasteiger partial charge in [0.25, 0.3) is 5.17 Å². The first-order chi connectivity index (χ1) is 16.9. The fourth-order valence-electron chi connectivity index (χ4n) is 3.84. The second-order valence-corrected chi connectivity index (χ2v) is 8.14. The van der Waals surface area contributed by atoms with Gasteiger partial charge in [0.05, 0.1) is 44.3 Å². The first-order valence-corrected chi connectivity index (χ1v) is 12.1. The van der Waals surface area contributed by atoms with Crippen molar-refractivity contribution >= 4 is 40.8 Å². The van der Waals surface area contributed by atoms with Crippen LogP contribution in [0, 0.1) is 5.82 Å². The van der Waals surface area contributed by atoms with E-state index in [1.807, 2.05) is 51.1 Å². The van der Waals surface area contributed by atoms with E-state index < -0.39 is 18.0 Å². The second-order valence-electron chi connectivity index (χ2n) is 7.77. The van der Waals surface area contributed by atoms with Crippen molar-refractivity contribution in [3.63, 3.8) is 0 Å². The lowest BCUT2D eigenvalue weighted by atomic mass is 10.2. The minimum atomic E-state index is -0.554. The highest BCUT2D eigenvalue weighted by molar-refractivity contribution is 7.80. The Hall–Kier alpha value is -3.40.